The average molecular weight is 410 g/mol. The van der Waals surface area contributed by atoms with Gasteiger partial charge in [-0.1, -0.05) is 29.8 Å². The van der Waals surface area contributed by atoms with Crippen LogP contribution in [-0.2, 0) is 6.42 Å². The van der Waals surface area contributed by atoms with Crippen molar-refractivity contribution in [3.8, 4) is 0 Å². The fourth-order valence-corrected chi connectivity index (χ4v) is 3.27. The minimum absolute atomic E-state index is 0.0707. The molecule has 0 aliphatic carbocycles. The van der Waals surface area contributed by atoms with Crippen LogP contribution in [0.1, 0.15) is 27.3 Å². The maximum atomic E-state index is 12.7. The van der Waals surface area contributed by atoms with E-state index in [0.717, 1.165) is 16.9 Å². The molecule has 6 heteroatoms. The van der Waals surface area contributed by atoms with Crippen LogP contribution in [0.2, 0.25) is 5.02 Å². The minimum Gasteiger partial charge on any atom is -0.355 e. The van der Waals surface area contributed by atoms with Gasteiger partial charge in [0.15, 0.2) is 0 Å². The van der Waals surface area contributed by atoms with Crippen LogP contribution in [0.3, 0.4) is 0 Å². The first-order chi connectivity index (χ1) is 13.9. The van der Waals surface area contributed by atoms with Crippen molar-refractivity contribution in [3.05, 3.63) is 88.2 Å². The van der Waals surface area contributed by atoms with Crippen molar-refractivity contribution in [1.29, 1.82) is 0 Å². The summed E-state index contributed by atoms with van der Waals surface area (Å²) in [5, 5.41) is 0.596. The molecule has 0 atom stereocenters. The summed E-state index contributed by atoms with van der Waals surface area (Å²) in [5.74, 6) is -0.0707. The summed E-state index contributed by atoms with van der Waals surface area (Å²) >= 11 is 5.90. The number of hydrogen-bond acceptors (Lipinski definition) is 2. The molecule has 0 fully saturated rings. The molecule has 0 aliphatic heterocycles. The van der Waals surface area contributed by atoms with E-state index in [1.54, 1.807) is 48.2 Å². The number of amides is 2. The SMILES string of the molecule is Cc1cc(CCN(C)C(=O)N(C)c2ccccc2)[nH]c1C(=O)c1ccc(Cl)cc1. The number of aromatic nitrogens is 1. The van der Waals surface area contributed by atoms with Crippen molar-refractivity contribution in [2.75, 3.05) is 25.5 Å². The molecule has 0 unspecified atom stereocenters. The zero-order chi connectivity index (χ0) is 21.0. The molecule has 3 rings (SSSR count). The third kappa shape index (κ3) is 4.87. The van der Waals surface area contributed by atoms with E-state index in [9.17, 15) is 9.59 Å². The summed E-state index contributed by atoms with van der Waals surface area (Å²) in [7, 11) is 3.53. The number of ketones is 1. The lowest BCUT2D eigenvalue weighted by Crippen LogP contribution is -2.39. The van der Waals surface area contributed by atoms with Gasteiger partial charge < -0.3 is 9.88 Å². The number of anilines is 1. The normalized spacial score (nSPS) is 10.6. The first-order valence-electron chi connectivity index (χ1n) is 9.39. The molecular formula is C23H24ClN3O2. The number of urea groups is 1. The number of likely N-dealkylation sites (N-methyl/N-ethyl adjacent to an activating group) is 1. The molecule has 0 radical (unpaired) electrons. The molecule has 1 aromatic heterocycles. The summed E-state index contributed by atoms with van der Waals surface area (Å²) in [6.45, 7) is 2.44. The lowest BCUT2D eigenvalue weighted by Gasteiger charge is -2.24. The van der Waals surface area contributed by atoms with E-state index >= 15 is 0 Å². The predicted octanol–water partition coefficient (Wildman–Crippen LogP) is 4.94. The number of carbonyl (C=O) groups excluding carboxylic acids is 2. The lowest BCUT2D eigenvalue weighted by molar-refractivity contribution is 0.103. The average Bonchev–Trinajstić information content (AvgIpc) is 3.12. The molecule has 2 aromatic carbocycles. The standard InChI is InChI=1S/C23H24ClN3O2/c1-16-15-19(25-21(16)22(28)17-9-11-18(24)12-10-17)13-14-26(2)23(29)27(3)20-7-5-4-6-8-20/h4-12,15,25H,13-14H2,1-3H3. The van der Waals surface area contributed by atoms with Crippen LogP contribution in [0, 0.1) is 6.92 Å². The Kier molecular flexibility index (Phi) is 6.39. The highest BCUT2D eigenvalue weighted by molar-refractivity contribution is 6.30. The van der Waals surface area contributed by atoms with E-state index in [-0.39, 0.29) is 11.8 Å². The third-order valence-electron chi connectivity index (χ3n) is 4.88. The van der Waals surface area contributed by atoms with Gasteiger partial charge in [0.25, 0.3) is 0 Å². The Hall–Kier alpha value is -3.05. The second-order valence-electron chi connectivity index (χ2n) is 7.04. The number of aromatic amines is 1. The van der Waals surface area contributed by atoms with Crippen molar-refractivity contribution in [3.63, 3.8) is 0 Å². The summed E-state index contributed by atoms with van der Waals surface area (Å²) in [5.41, 5.74) is 3.80. The molecule has 0 saturated carbocycles. The Morgan fingerprint density at radius 1 is 1.00 bits per heavy atom. The van der Waals surface area contributed by atoms with Gasteiger partial charge in [-0.3, -0.25) is 9.69 Å². The second kappa shape index (κ2) is 8.97. The molecule has 1 N–H and O–H groups in total. The maximum absolute atomic E-state index is 12.7. The topological polar surface area (TPSA) is 56.4 Å². The Morgan fingerprint density at radius 3 is 2.31 bits per heavy atom. The van der Waals surface area contributed by atoms with Gasteiger partial charge in [0.2, 0.25) is 5.78 Å². The highest BCUT2D eigenvalue weighted by Gasteiger charge is 2.18. The molecule has 0 spiro atoms. The first-order valence-corrected chi connectivity index (χ1v) is 9.77. The number of hydrogen-bond donors (Lipinski definition) is 1. The molecule has 0 aliphatic rings. The van der Waals surface area contributed by atoms with Gasteiger partial charge in [0, 0.05) is 49.0 Å². The van der Waals surface area contributed by atoms with Crippen molar-refractivity contribution >= 4 is 29.1 Å². The molecule has 2 amide bonds. The van der Waals surface area contributed by atoms with Gasteiger partial charge in [-0.25, -0.2) is 4.79 Å². The van der Waals surface area contributed by atoms with Crippen molar-refractivity contribution in [2.24, 2.45) is 0 Å². The number of aryl methyl sites for hydroxylation is 1. The number of nitrogens with zero attached hydrogens (tertiary/aromatic N) is 2. The van der Waals surface area contributed by atoms with Crippen molar-refractivity contribution < 1.29 is 9.59 Å². The first kappa shape index (κ1) is 20.7. The maximum Gasteiger partial charge on any atom is 0.323 e. The fraction of sp³-hybridized carbons (Fsp3) is 0.217. The van der Waals surface area contributed by atoms with Crippen LogP contribution in [0.25, 0.3) is 0 Å². The molecule has 29 heavy (non-hydrogen) atoms. The Bertz CT molecular complexity index is 997. The zero-order valence-electron chi connectivity index (χ0n) is 16.8. The fourth-order valence-electron chi connectivity index (χ4n) is 3.15. The Morgan fingerprint density at radius 2 is 1.66 bits per heavy atom. The monoisotopic (exact) mass is 409 g/mol. The van der Waals surface area contributed by atoms with Crippen molar-refractivity contribution in [2.45, 2.75) is 13.3 Å². The van der Waals surface area contributed by atoms with E-state index < -0.39 is 0 Å². The molecule has 150 valence electrons. The van der Waals surface area contributed by atoms with Gasteiger partial charge in [0.05, 0.1) is 5.69 Å². The number of rotatable bonds is 6. The van der Waals surface area contributed by atoms with Crippen LogP contribution in [-0.4, -0.2) is 42.3 Å². The quantitative estimate of drug-likeness (QED) is 0.586. The molecule has 5 nitrogen and oxygen atoms in total. The molecule has 3 aromatic rings. The largest absolute Gasteiger partial charge is 0.355 e. The number of para-hydroxylation sites is 1. The van der Waals surface area contributed by atoms with Gasteiger partial charge in [-0.15, -0.1) is 0 Å². The van der Waals surface area contributed by atoms with E-state index in [0.29, 0.717) is 29.2 Å². The van der Waals surface area contributed by atoms with Crippen LogP contribution in [0.15, 0.2) is 60.7 Å². The van der Waals surface area contributed by atoms with E-state index in [1.165, 1.54) is 0 Å². The summed E-state index contributed by atoms with van der Waals surface area (Å²) in [6.07, 6.45) is 0.625. The Labute approximate surface area is 175 Å². The third-order valence-corrected chi connectivity index (χ3v) is 5.13. The van der Waals surface area contributed by atoms with E-state index in [1.807, 2.05) is 43.3 Å². The van der Waals surface area contributed by atoms with Gasteiger partial charge in [-0.2, -0.15) is 0 Å². The van der Waals surface area contributed by atoms with Crippen LogP contribution in [0.4, 0.5) is 10.5 Å². The summed E-state index contributed by atoms with van der Waals surface area (Å²) in [4.78, 5) is 31.9. The van der Waals surface area contributed by atoms with E-state index in [2.05, 4.69) is 4.98 Å². The van der Waals surface area contributed by atoms with Crippen LogP contribution >= 0.6 is 11.6 Å². The molecule has 0 saturated heterocycles. The van der Waals surface area contributed by atoms with Gasteiger partial charge in [-0.05, 0) is 55.0 Å². The Balaban J connectivity index is 1.64. The summed E-state index contributed by atoms with van der Waals surface area (Å²) in [6, 6.07) is 18.2. The number of carbonyl (C=O) groups is 2. The van der Waals surface area contributed by atoms with E-state index in [4.69, 9.17) is 11.6 Å². The number of H-pyrrole nitrogens is 1. The lowest BCUT2D eigenvalue weighted by atomic mass is 10.1. The molecule has 0 bridgehead atoms. The summed E-state index contributed by atoms with van der Waals surface area (Å²) < 4.78 is 0. The molecule has 1 heterocycles. The van der Waals surface area contributed by atoms with Crippen molar-refractivity contribution in [1.82, 2.24) is 9.88 Å². The van der Waals surface area contributed by atoms with Gasteiger partial charge in [0.1, 0.15) is 0 Å². The van der Waals surface area contributed by atoms with Gasteiger partial charge >= 0.3 is 6.03 Å². The molecular weight excluding hydrogens is 386 g/mol. The second-order valence-corrected chi connectivity index (χ2v) is 7.47. The van der Waals surface area contributed by atoms with Crippen LogP contribution < -0.4 is 4.90 Å². The smallest absolute Gasteiger partial charge is 0.323 e. The number of nitrogens with one attached hydrogen (secondary N) is 1. The zero-order valence-corrected chi connectivity index (χ0v) is 17.5. The minimum atomic E-state index is -0.0862. The van der Waals surface area contributed by atoms with Crippen LogP contribution in [0.5, 0.6) is 0 Å². The number of halogens is 1. The highest BCUT2D eigenvalue weighted by atomic mass is 35.5. The predicted molar refractivity (Wildman–Crippen MR) is 117 cm³/mol. The number of benzene rings is 2. The highest BCUT2D eigenvalue weighted by Crippen LogP contribution is 2.18.